The van der Waals surface area contributed by atoms with Gasteiger partial charge in [-0.05, 0) is 34.7 Å². The van der Waals surface area contributed by atoms with Crippen molar-refractivity contribution in [1.82, 2.24) is 0 Å². The van der Waals surface area contributed by atoms with Gasteiger partial charge in [0.15, 0.2) is 0 Å². The van der Waals surface area contributed by atoms with E-state index in [9.17, 15) is 0 Å². The number of hydrogen-bond acceptors (Lipinski definition) is 1. The molecule has 0 saturated carbocycles. The Hall–Kier alpha value is -2.02. The molecule has 0 radical (unpaired) electrons. The molecule has 0 aliphatic heterocycles. The lowest BCUT2D eigenvalue weighted by atomic mass is 10.0. The van der Waals surface area contributed by atoms with Crippen molar-refractivity contribution in [1.29, 1.82) is 0 Å². The van der Waals surface area contributed by atoms with Crippen molar-refractivity contribution in [3.05, 3.63) is 65.2 Å². The lowest BCUT2D eigenvalue weighted by molar-refractivity contribution is 0.866. The Morgan fingerprint density at radius 3 is 1.60 bits per heavy atom. The summed E-state index contributed by atoms with van der Waals surface area (Å²) in [5.41, 5.74) is 5.08. The zero-order valence-electron chi connectivity index (χ0n) is 12.8. The van der Waals surface area contributed by atoms with E-state index in [1.54, 1.807) is 0 Å². The minimum Gasteiger partial charge on any atom is -0.378 e. The molecule has 0 spiro atoms. The molecule has 0 aromatic heterocycles. The Balaban J connectivity index is 2.08. The van der Waals surface area contributed by atoms with Crippen LogP contribution in [-0.2, 0) is 0 Å². The van der Waals surface area contributed by atoms with Crippen LogP contribution in [-0.4, -0.2) is 14.1 Å². The first-order chi connectivity index (χ1) is 9.56. The van der Waals surface area contributed by atoms with Crippen LogP contribution in [0, 0.1) is 0 Å². The first-order valence-electron chi connectivity index (χ1n) is 7.11. The van der Waals surface area contributed by atoms with E-state index in [-0.39, 0.29) is 0 Å². The fraction of sp³-hybridized carbons (Fsp3) is 0.263. The molecule has 0 saturated heterocycles. The van der Waals surface area contributed by atoms with Crippen molar-refractivity contribution in [3.8, 4) is 0 Å². The molecule has 0 heterocycles. The monoisotopic (exact) mass is 265 g/mol. The van der Waals surface area contributed by atoms with Gasteiger partial charge in [-0.1, -0.05) is 62.4 Å². The van der Waals surface area contributed by atoms with Crippen LogP contribution in [0.25, 0.3) is 12.2 Å². The molecule has 0 aliphatic rings. The molecule has 0 fully saturated rings. The van der Waals surface area contributed by atoms with Gasteiger partial charge in [-0.25, -0.2) is 0 Å². The van der Waals surface area contributed by atoms with Crippen LogP contribution in [0.3, 0.4) is 0 Å². The zero-order chi connectivity index (χ0) is 14.5. The number of hydrogen-bond donors (Lipinski definition) is 0. The summed E-state index contributed by atoms with van der Waals surface area (Å²) in [7, 11) is 4.11. The molecule has 2 aromatic carbocycles. The average molecular weight is 265 g/mol. The molecule has 2 aromatic rings. The molecule has 0 atom stereocenters. The summed E-state index contributed by atoms with van der Waals surface area (Å²) in [6, 6.07) is 17.4. The molecule has 1 heteroatoms. The Bertz CT molecular complexity index is 506. The highest BCUT2D eigenvalue weighted by Gasteiger charge is 1.97. The highest BCUT2D eigenvalue weighted by molar-refractivity contribution is 5.70. The lowest BCUT2D eigenvalue weighted by Gasteiger charge is -2.11. The summed E-state index contributed by atoms with van der Waals surface area (Å²) in [6.45, 7) is 4.44. The first kappa shape index (κ1) is 14.4. The molecule has 104 valence electrons. The summed E-state index contributed by atoms with van der Waals surface area (Å²) in [5.74, 6) is 0.589. The van der Waals surface area contributed by atoms with Gasteiger partial charge < -0.3 is 4.90 Å². The van der Waals surface area contributed by atoms with Gasteiger partial charge in [0.1, 0.15) is 0 Å². The topological polar surface area (TPSA) is 3.24 Å². The van der Waals surface area contributed by atoms with E-state index < -0.39 is 0 Å². The smallest absolute Gasteiger partial charge is 0.0361 e. The molecule has 0 amide bonds. The van der Waals surface area contributed by atoms with Crippen molar-refractivity contribution in [2.24, 2.45) is 0 Å². The fourth-order valence-corrected chi connectivity index (χ4v) is 2.07. The van der Waals surface area contributed by atoms with Crippen LogP contribution in [0.1, 0.15) is 36.5 Å². The van der Waals surface area contributed by atoms with Gasteiger partial charge in [-0.15, -0.1) is 0 Å². The molecule has 0 N–H and O–H groups in total. The summed E-state index contributed by atoms with van der Waals surface area (Å²) in [4.78, 5) is 2.11. The van der Waals surface area contributed by atoms with Crippen LogP contribution in [0.5, 0.6) is 0 Å². The standard InChI is InChI=1S/C19H23N/c1-15(2)18-11-7-16(8-12-18)5-6-17-9-13-19(14-10-17)20(3)4/h5-15H,1-4H3. The predicted molar refractivity (Wildman–Crippen MR) is 90.2 cm³/mol. The number of anilines is 1. The third-order valence-corrected chi connectivity index (χ3v) is 3.48. The van der Waals surface area contributed by atoms with Crippen molar-refractivity contribution < 1.29 is 0 Å². The largest absolute Gasteiger partial charge is 0.378 e. The summed E-state index contributed by atoms with van der Waals surface area (Å²) in [5, 5.41) is 0. The Kier molecular flexibility index (Phi) is 4.62. The number of nitrogens with zero attached hydrogens (tertiary/aromatic N) is 1. The van der Waals surface area contributed by atoms with Crippen LogP contribution < -0.4 is 4.90 Å². The zero-order valence-corrected chi connectivity index (χ0v) is 12.8. The molecule has 0 bridgehead atoms. The number of benzene rings is 2. The van der Waals surface area contributed by atoms with Gasteiger partial charge >= 0.3 is 0 Å². The SMILES string of the molecule is CC(C)c1ccc(C=Cc2ccc(N(C)C)cc2)cc1. The molecular weight excluding hydrogens is 242 g/mol. The van der Waals surface area contributed by atoms with Crippen LogP contribution in [0.4, 0.5) is 5.69 Å². The predicted octanol–water partition coefficient (Wildman–Crippen LogP) is 5.05. The van der Waals surface area contributed by atoms with Crippen LogP contribution in [0.15, 0.2) is 48.5 Å². The number of rotatable bonds is 4. The van der Waals surface area contributed by atoms with E-state index in [2.05, 4.69) is 93.5 Å². The highest BCUT2D eigenvalue weighted by Crippen LogP contribution is 2.17. The quantitative estimate of drug-likeness (QED) is 0.699. The first-order valence-corrected chi connectivity index (χ1v) is 7.11. The second kappa shape index (κ2) is 6.42. The van der Waals surface area contributed by atoms with Gasteiger partial charge in [-0.2, -0.15) is 0 Å². The van der Waals surface area contributed by atoms with Gasteiger partial charge in [0, 0.05) is 19.8 Å². The van der Waals surface area contributed by atoms with Gasteiger partial charge in [0.2, 0.25) is 0 Å². The highest BCUT2D eigenvalue weighted by atomic mass is 15.1. The van der Waals surface area contributed by atoms with Crippen LogP contribution >= 0.6 is 0 Å². The minimum absolute atomic E-state index is 0.589. The lowest BCUT2D eigenvalue weighted by Crippen LogP contribution is -2.07. The Labute approximate surface area is 122 Å². The maximum Gasteiger partial charge on any atom is 0.0361 e. The van der Waals surface area contributed by atoms with Crippen molar-refractivity contribution in [2.45, 2.75) is 19.8 Å². The van der Waals surface area contributed by atoms with E-state index in [0.29, 0.717) is 5.92 Å². The third kappa shape index (κ3) is 3.74. The van der Waals surface area contributed by atoms with Crippen molar-refractivity contribution >= 4 is 17.8 Å². The average Bonchev–Trinajstić information content (AvgIpc) is 2.46. The Morgan fingerprint density at radius 1 is 0.750 bits per heavy atom. The van der Waals surface area contributed by atoms with E-state index in [1.807, 2.05) is 0 Å². The summed E-state index contributed by atoms with van der Waals surface area (Å²) in [6.07, 6.45) is 4.32. The Morgan fingerprint density at radius 2 is 1.20 bits per heavy atom. The van der Waals surface area contributed by atoms with E-state index in [4.69, 9.17) is 0 Å². The maximum absolute atomic E-state index is 2.22. The van der Waals surface area contributed by atoms with Gasteiger partial charge in [0.05, 0.1) is 0 Å². The second-order valence-electron chi connectivity index (χ2n) is 5.64. The third-order valence-electron chi connectivity index (χ3n) is 3.48. The van der Waals surface area contributed by atoms with E-state index >= 15 is 0 Å². The van der Waals surface area contributed by atoms with E-state index in [0.717, 1.165) is 0 Å². The molecule has 1 nitrogen and oxygen atoms in total. The summed E-state index contributed by atoms with van der Waals surface area (Å²) < 4.78 is 0. The molecule has 0 unspecified atom stereocenters. The second-order valence-corrected chi connectivity index (χ2v) is 5.64. The van der Waals surface area contributed by atoms with Gasteiger partial charge in [-0.3, -0.25) is 0 Å². The molecule has 0 aliphatic carbocycles. The van der Waals surface area contributed by atoms with Crippen LogP contribution in [0.2, 0.25) is 0 Å². The molecule has 20 heavy (non-hydrogen) atoms. The molecular formula is C19H23N. The van der Waals surface area contributed by atoms with Gasteiger partial charge in [0.25, 0.3) is 0 Å². The molecule has 2 rings (SSSR count). The van der Waals surface area contributed by atoms with Crippen molar-refractivity contribution in [3.63, 3.8) is 0 Å². The van der Waals surface area contributed by atoms with Crippen molar-refractivity contribution in [2.75, 3.05) is 19.0 Å². The fourth-order valence-electron chi connectivity index (χ4n) is 2.07. The maximum atomic E-state index is 2.22. The normalized spacial score (nSPS) is 11.2. The minimum atomic E-state index is 0.589. The summed E-state index contributed by atoms with van der Waals surface area (Å²) >= 11 is 0. The van der Waals surface area contributed by atoms with E-state index in [1.165, 1.54) is 22.4 Å².